The first-order valence-corrected chi connectivity index (χ1v) is 5.47. The molecule has 13 heavy (non-hydrogen) atoms. The molecule has 0 aromatic heterocycles. The van der Waals surface area contributed by atoms with E-state index in [4.69, 9.17) is 4.74 Å². The van der Waals surface area contributed by atoms with Gasteiger partial charge < -0.3 is 4.74 Å². The van der Waals surface area contributed by atoms with Crippen molar-refractivity contribution in [3.05, 3.63) is 0 Å². The Kier molecular flexibility index (Phi) is 4.87. The molecule has 1 aliphatic rings. The van der Waals surface area contributed by atoms with E-state index in [2.05, 4.69) is 0 Å². The second-order valence-electron chi connectivity index (χ2n) is 3.98. The van der Waals surface area contributed by atoms with Crippen molar-refractivity contribution >= 4 is 5.97 Å². The number of carbonyl (C=O) groups is 1. The van der Waals surface area contributed by atoms with Gasteiger partial charge >= 0.3 is 5.97 Å². The molecular weight excluding hydrogens is 164 g/mol. The summed E-state index contributed by atoms with van der Waals surface area (Å²) in [6.45, 7) is 2.60. The van der Waals surface area contributed by atoms with Crippen LogP contribution in [-0.2, 0) is 9.53 Å². The van der Waals surface area contributed by atoms with E-state index in [1.165, 1.54) is 32.1 Å². The van der Waals surface area contributed by atoms with Crippen LogP contribution in [0.15, 0.2) is 0 Å². The third-order valence-electron chi connectivity index (χ3n) is 2.68. The highest BCUT2D eigenvalue weighted by Gasteiger charge is 2.14. The molecule has 2 heteroatoms. The van der Waals surface area contributed by atoms with Gasteiger partial charge in [-0.15, -0.1) is 0 Å². The largest absolute Gasteiger partial charge is 0.465 e. The average Bonchev–Trinajstić information content (AvgIpc) is 2.16. The third kappa shape index (κ3) is 4.30. The molecule has 1 heterocycles. The Bertz CT molecular complexity index is 154. The lowest BCUT2D eigenvalue weighted by Crippen LogP contribution is -2.15. The third-order valence-corrected chi connectivity index (χ3v) is 2.68. The van der Waals surface area contributed by atoms with Crippen molar-refractivity contribution in [3.63, 3.8) is 0 Å². The zero-order valence-electron chi connectivity index (χ0n) is 8.55. The number of hydrogen-bond donors (Lipinski definition) is 0. The lowest BCUT2D eigenvalue weighted by molar-refractivity contribution is -0.148. The summed E-state index contributed by atoms with van der Waals surface area (Å²) in [5, 5.41) is 0. The number of rotatable bonds is 0. The highest BCUT2D eigenvalue weighted by atomic mass is 16.5. The fourth-order valence-electron chi connectivity index (χ4n) is 1.69. The topological polar surface area (TPSA) is 26.3 Å². The van der Waals surface area contributed by atoms with Gasteiger partial charge in [0.15, 0.2) is 0 Å². The van der Waals surface area contributed by atoms with Gasteiger partial charge in [0.2, 0.25) is 0 Å². The van der Waals surface area contributed by atoms with Crippen molar-refractivity contribution in [2.24, 2.45) is 5.92 Å². The molecule has 1 rings (SSSR count). The van der Waals surface area contributed by atoms with Gasteiger partial charge in [-0.05, 0) is 12.8 Å². The van der Waals surface area contributed by atoms with E-state index in [-0.39, 0.29) is 11.9 Å². The Morgan fingerprint density at radius 3 is 2.46 bits per heavy atom. The van der Waals surface area contributed by atoms with Gasteiger partial charge in [0.05, 0.1) is 12.5 Å². The molecule has 1 fully saturated rings. The molecular formula is C11H20O2. The lowest BCUT2D eigenvalue weighted by Gasteiger charge is -2.09. The van der Waals surface area contributed by atoms with Gasteiger partial charge in [-0.25, -0.2) is 0 Å². The molecule has 0 aromatic rings. The minimum absolute atomic E-state index is 0.00176. The summed E-state index contributed by atoms with van der Waals surface area (Å²) in [5.74, 6) is 0.111. The molecule has 1 atom stereocenters. The van der Waals surface area contributed by atoms with Crippen LogP contribution in [0, 0.1) is 5.92 Å². The average molecular weight is 184 g/mol. The summed E-state index contributed by atoms with van der Waals surface area (Å²) in [6.07, 6.45) is 8.32. The minimum atomic E-state index is 0.00176. The summed E-state index contributed by atoms with van der Waals surface area (Å²) in [7, 11) is 0. The van der Waals surface area contributed by atoms with Crippen LogP contribution >= 0.6 is 0 Å². The first-order valence-electron chi connectivity index (χ1n) is 5.47. The maximum atomic E-state index is 11.3. The molecule has 0 saturated carbocycles. The first kappa shape index (κ1) is 10.6. The lowest BCUT2D eigenvalue weighted by atomic mass is 10.0. The monoisotopic (exact) mass is 184 g/mol. The maximum absolute atomic E-state index is 11.3. The van der Waals surface area contributed by atoms with E-state index >= 15 is 0 Å². The Hall–Kier alpha value is -0.530. The van der Waals surface area contributed by atoms with Gasteiger partial charge in [0, 0.05) is 0 Å². The summed E-state index contributed by atoms with van der Waals surface area (Å²) >= 11 is 0. The van der Waals surface area contributed by atoms with Crippen molar-refractivity contribution < 1.29 is 9.53 Å². The van der Waals surface area contributed by atoms with Gasteiger partial charge in [0.25, 0.3) is 0 Å². The predicted molar refractivity (Wildman–Crippen MR) is 52.4 cm³/mol. The molecule has 0 amide bonds. The van der Waals surface area contributed by atoms with Crippen LogP contribution in [-0.4, -0.2) is 12.6 Å². The normalized spacial score (nSPS) is 27.5. The Balaban J connectivity index is 2.31. The first-order chi connectivity index (χ1) is 6.30. The maximum Gasteiger partial charge on any atom is 0.308 e. The highest BCUT2D eigenvalue weighted by Crippen LogP contribution is 2.15. The van der Waals surface area contributed by atoms with Gasteiger partial charge in [-0.1, -0.05) is 39.0 Å². The van der Waals surface area contributed by atoms with E-state index in [1.807, 2.05) is 6.92 Å². The Morgan fingerprint density at radius 2 is 1.69 bits per heavy atom. The molecule has 0 N–H and O–H groups in total. The van der Waals surface area contributed by atoms with Crippen molar-refractivity contribution in [2.45, 2.75) is 51.9 Å². The zero-order chi connectivity index (χ0) is 9.52. The van der Waals surface area contributed by atoms with Crippen molar-refractivity contribution in [3.8, 4) is 0 Å². The van der Waals surface area contributed by atoms with Crippen molar-refractivity contribution in [2.75, 3.05) is 6.61 Å². The van der Waals surface area contributed by atoms with E-state index in [9.17, 15) is 4.79 Å². The molecule has 0 aliphatic carbocycles. The molecule has 1 saturated heterocycles. The summed E-state index contributed by atoms with van der Waals surface area (Å²) in [5.41, 5.74) is 0. The SMILES string of the molecule is CC1CCCCCCCCOC1=O. The number of hydrogen-bond acceptors (Lipinski definition) is 2. The molecule has 2 nitrogen and oxygen atoms in total. The van der Waals surface area contributed by atoms with Crippen LogP contribution in [0.4, 0.5) is 0 Å². The number of cyclic esters (lactones) is 1. The predicted octanol–water partition coefficient (Wildman–Crippen LogP) is 2.91. The number of carbonyl (C=O) groups excluding carboxylic acids is 1. The summed E-state index contributed by atoms with van der Waals surface area (Å²) in [4.78, 5) is 11.3. The van der Waals surface area contributed by atoms with Crippen LogP contribution < -0.4 is 0 Å². The van der Waals surface area contributed by atoms with Crippen LogP contribution in [0.3, 0.4) is 0 Å². The van der Waals surface area contributed by atoms with Gasteiger partial charge in [-0.3, -0.25) is 4.79 Å². The Morgan fingerprint density at radius 1 is 1.08 bits per heavy atom. The molecule has 1 unspecified atom stereocenters. The van der Waals surface area contributed by atoms with Gasteiger partial charge in [0.1, 0.15) is 0 Å². The molecule has 0 radical (unpaired) electrons. The van der Waals surface area contributed by atoms with Crippen molar-refractivity contribution in [1.29, 1.82) is 0 Å². The quantitative estimate of drug-likeness (QED) is 0.541. The molecule has 0 aromatic carbocycles. The molecule has 0 bridgehead atoms. The van der Waals surface area contributed by atoms with Crippen LogP contribution in [0.2, 0.25) is 0 Å². The zero-order valence-corrected chi connectivity index (χ0v) is 8.55. The van der Waals surface area contributed by atoms with E-state index in [0.717, 1.165) is 12.8 Å². The summed E-state index contributed by atoms with van der Waals surface area (Å²) in [6, 6.07) is 0. The highest BCUT2D eigenvalue weighted by molar-refractivity contribution is 5.71. The van der Waals surface area contributed by atoms with Gasteiger partial charge in [-0.2, -0.15) is 0 Å². The van der Waals surface area contributed by atoms with E-state index < -0.39 is 0 Å². The van der Waals surface area contributed by atoms with Crippen LogP contribution in [0.1, 0.15) is 51.9 Å². The van der Waals surface area contributed by atoms with E-state index in [0.29, 0.717) is 6.61 Å². The Labute approximate surface area is 80.7 Å². The summed E-state index contributed by atoms with van der Waals surface area (Å²) < 4.78 is 5.15. The molecule has 76 valence electrons. The second-order valence-corrected chi connectivity index (χ2v) is 3.98. The van der Waals surface area contributed by atoms with Crippen molar-refractivity contribution in [1.82, 2.24) is 0 Å². The molecule has 0 spiro atoms. The smallest absolute Gasteiger partial charge is 0.308 e. The number of esters is 1. The minimum Gasteiger partial charge on any atom is -0.465 e. The second kappa shape index (κ2) is 6.01. The molecule has 1 aliphatic heterocycles. The fourth-order valence-corrected chi connectivity index (χ4v) is 1.69. The number of ether oxygens (including phenoxy) is 1. The van der Waals surface area contributed by atoms with Crippen LogP contribution in [0.25, 0.3) is 0 Å². The fraction of sp³-hybridized carbons (Fsp3) is 0.909. The van der Waals surface area contributed by atoms with E-state index in [1.54, 1.807) is 0 Å². The standard InChI is InChI=1S/C11H20O2/c1-10-8-6-4-2-3-5-7-9-13-11(10)12/h10H,2-9H2,1H3. The van der Waals surface area contributed by atoms with Crippen LogP contribution in [0.5, 0.6) is 0 Å².